The molecule has 2 aromatic heterocycles. The van der Waals surface area contributed by atoms with Crippen molar-refractivity contribution in [2.45, 2.75) is 52.9 Å². The first-order valence-electron chi connectivity index (χ1n) is 12.0. The molecule has 33 heavy (non-hydrogen) atoms. The highest BCUT2D eigenvalue weighted by atomic mass is 16.3. The fourth-order valence-electron chi connectivity index (χ4n) is 6.63. The first kappa shape index (κ1) is 20.7. The molecule has 0 aliphatic heterocycles. The topological polar surface area (TPSA) is 38.9 Å². The van der Waals surface area contributed by atoms with Gasteiger partial charge in [-0.1, -0.05) is 77.5 Å². The third-order valence-corrected chi connectivity index (χ3v) is 8.11. The molecule has 7 rings (SSSR count). The van der Waals surface area contributed by atoms with Crippen LogP contribution in [0.3, 0.4) is 0 Å². The lowest BCUT2D eigenvalue weighted by molar-refractivity contribution is 0.103. The number of furan rings is 1. The molecule has 4 aliphatic carbocycles. The lowest BCUT2D eigenvalue weighted by atomic mass is 9.44. The summed E-state index contributed by atoms with van der Waals surface area (Å²) in [6.07, 6.45) is 11.3. The van der Waals surface area contributed by atoms with Crippen molar-refractivity contribution in [2.24, 2.45) is 22.7 Å². The summed E-state index contributed by atoms with van der Waals surface area (Å²) in [7, 11) is 0. The second kappa shape index (κ2) is 6.56. The van der Waals surface area contributed by atoms with E-state index in [-0.39, 0.29) is 22.2 Å². The Labute approximate surface area is 196 Å². The van der Waals surface area contributed by atoms with Crippen LogP contribution in [0.4, 0.5) is 0 Å². The van der Waals surface area contributed by atoms with Gasteiger partial charge in [-0.2, -0.15) is 0 Å². The van der Waals surface area contributed by atoms with Gasteiger partial charge >= 0.3 is 0 Å². The van der Waals surface area contributed by atoms with Crippen LogP contribution in [0.1, 0.15) is 64.6 Å². The summed E-state index contributed by atoms with van der Waals surface area (Å²) in [5.41, 5.74) is 6.93. The van der Waals surface area contributed by atoms with E-state index in [0.717, 1.165) is 16.8 Å². The number of rotatable bonds is 1. The summed E-state index contributed by atoms with van der Waals surface area (Å²) < 4.78 is 5.72. The van der Waals surface area contributed by atoms with Crippen LogP contribution in [0, 0.1) is 22.7 Å². The maximum absolute atomic E-state index is 5.72. The molecule has 4 atom stereocenters. The van der Waals surface area contributed by atoms with Crippen molar-refractivity contribution >= 4 is 17.1 Å². The van der Waals surface area contributed by atoms with E-state index >= 15 is 0 Å². The quantitative estimate of drug-likeness (QED) is 0.371. The molecule has 4 aliphatic rings. The number of aromatic nitrogens is 2. The third kappa shape index (κ3) is 2.74. The van der Waals surface area contributed by atoms with Gasteiger partial charge in [0.1, 0.15) is 5.76 Å². The van der Waals surface area contributed by atoms with Crippen molar-refractivity contribution in [1.82, 2.24) is 9.97 Å². The van der Waals surface area contributed by atoms with Crippen molar-refractivity contribution in [3.05, 3.63) is 89.2 Å². The molecule has 0 saturated carbocycles. The molecule has 2 bridgehead atoms. The fraction of sp³-hybridized carbons (Fsp3) is 0.400. The van der Waals surface area contributed by atoms with Crippen molar-refractivity contribution < 1.29 is 4.42 Å². The Morgan fingerprint density at radius 1 is 0.939 bits per heavy atom. The molecule has 2 heterocycles. The smallest absolute Gasteiger partial charge is 0.126 e. The van der Waals surface area contributed by atoms with E-state index in [2.05, 4.69) is 90.1 Å². The highest BCUT2D eigenvalue weighted by Gasteiger charge is 2.63. The van der Waals surface area contributed by atoms with E-state index in [1.165, 1.54) is 22.5 Å². The van der Waals surface area contributed by atoms with Crippen LogP contribution in [0.25, 0.3) is 17.1 Å². The van der Waals surface area contributed by atoms with Gasteiger partial charge in [0.05, 0.1) is 28.7 Å². The van der Waals surface area contributed by atoms with Gasteiger partial charge in [0, 0.05) is 23.2 Å². The summed E-state index contributed by atoms with van der Waals surface area (Å²) in [4.78, 5) is 10.7. The number of hydrogen-bond acceptors (Lipinski definition) is 3. The minimum absolute atomic E-state index is 0.0336. The normalized spacial score (nSPS) is 29.5. The summed E-state index contributed by atoms with van der Waals surface area (Å²) in [6.45, 7) is 14.1. The van der Waals surface area contributed by atoms with Gasteiger partial charge in [-0.3, -0.25) is 0 Å². The Morgan fingerprint density at radius 3 is 2.30 bits per heavy atom. The molecule has 0 saturated heterocycles. The van der Waals surface area contributed by atoms with Gasteiger partial charge < -0.3 is 4.42 Å². The highest BCUT2D eigenvalue weighted by molar-refractivity contribution is 5.76. The summed E-state index contributed by atoms with van der Waals surface area (Å²) in [6, 6.07) is 12.3. The second-order valence-electron chi connectivity index (χ2n) is 12.0. The van der Waals surface area contributed by atoms with E-state index in [1.54, 1.807) is 6.26 Å². The van der Waals surface area contributed by atoms with Gasteiger partial charge in [0.2, 0.25) is 0 Å². The largest absolute Gasteiger partial charge is 0.465 e. The van der Waals surface area contributed by atoms with Crippen molar-refractivity contribution in [3.63, 3.8) is 0 Å². The predicted octanol–water partition coefficient (Wildman–Crippen LogP) is 7.48. The second-order valence-corrected chi connectivity index (χ2v) is 12.0. The number of fused-ring (bicyclic) bond motifs is 1. The van der Waals surface area contributed by atoms with Gasteiger partial charge in [0.15, 0.2) is 0 Å². The van der Waals surface area contributed by atoms with Gasteiger partial charge in [-0.15, -0.1) is 0 Å². The van der Waals surface area contributed by atoms with Crippen LogP contribution in [-0.2, 0) is 5.41 Å². The van der Waals surface area contributed by atoms with Gasteiger partial charge in [0.25, 0.3) is 0 Å². The Bertz CT molecular complexity index is 1340. The number of allylic oxidation sites excluding steroid dienone is 5. The molecule has 3 nitrogen and oxygen atoms in total. The molecule has 168 valence electrons. The van der Waals surface area contributed by atoms with Crippen LogP contribution in [0.15, 0.2) is 76.5 Å². The maximum Gasteiger partial charge on any atom is 0.126 e. The Morgan fingerprint density at radius 2 is 1.67 bits per heavy atom. The molecule has 3 heteroatoms. The molecule has 1 aromatic carbocycles. The molecule has 3 aromatic rings. The zero-order chi connectivity index (χ0) is 23.2. The zero-order valence-electron chi connectivity index (χ0n) is 20.4. The van der Waals surface area contributed by atoms with Crippen LogP contribution >= 0.6 is 0 Å². The number of hydrogen-bond donors (Lipinski definition) is 0. The third-order valence-electron chi connectivity index (χ3n) is 8.11. The van der Waals surface area contributed by atoms with Crippen molar-refractivity contribution in [3.8, 4) is 0 Å². The summed E-state index contributed by atoms with van der Waals surface area (Å²) in [5.74, 6) is 1.80. The molecular formula is C30H32N2O. The first-order chi connectivity index (χ1) is 15.6. The minimum Gasteiger partial charge on any atom is -0.465 e. The Balaban J connectivity index is 1.69. The fourth-order valence-corrected chi connectivity index (χ4v) is 6.63. The van der Waals surface area contributed by atoms with E-state index in [9.17, 15) is 0 Å². The lowest BCUT2D eigenvalue weighted by Gasteiger charge is -2.59. The average molecular weight is 437 g/mol. The van der Waals surface area contributed by atoms with E-state index in [0.29, 0.717) is 11.8 Å². The number of nitrogens with zero attached hydrogens (tertiary/aromatic N) is 2. The molecular weight excluding hydrogens is 404 g/mol. The van der Waals surface area contributed by atoms with E-state index in [1.807, 2.05) is 12.1 Å². The molecule has 0 fully saturated rings. The monoisotopic (exact) mass is 436 g/mol. The molecule has 0 unspecified atom stereocenters. The van der Waals surface area contributed by atoms with Gasteiger partial charge in [-0.05, 0) is 46.7 Å². The molecule has 0 amide bonds. The van der Waals surface area contributed by atoms with E-state index in [4.69, 9.17) is 14.4 Å². The minimum atomic E-state index is -0.226. The van der Waals surface area contributed by atoms with Gasteiger partial charge in [-0.25, -0.2) is 9.97 Å². The first-order valence-corrected chi connectivity index (χ1v) is 12.0. The van der Waals surface area contributed by atoms with E-state index < -0.39 is 0 Å². The van der Waals surface area contributed by atoms with Crippen LogP contribution in [0.5, 0.6) is 0 Å². The zero-order valence-corrected chi connectivity index (χ0v) is 20.4. The SMILES string of the molecule is CC(C)(C)C1=C[C@]2(C(C)(C)C)c3nc4ccccc4nc3[C@@H]1[C@@H]1/C(=C\c3ccco3)C=C[C@@H]12. The number of para-hydroxylation sites is 2. The lowest BCUT2D eigenvalue weighted by Crippen LogP contribution is -2.56. The Hall–Kier alpha value is -2.94. The van der Waals surface area contributed by atoms with Crippen molar-refractivity contribution in [1.29, 1.82) is 0 Å². The maximum atomic E-state index is 5.72. The average Bonchev–Trinajstić information content (AvgIpc) is 3.42. The van der Waals surface area contributed by atoms with Crippen LogP contribution < -0.4 is 0 Å². The molecule has 0 N–H and O–H groups in total. The molecule has 0 spiro atoms. The Kier molecular flexibility index (Phi) is 4.11. The van der Waals surface area contributed by atoms with Crippen LogP contribution in [0.2, 0.25) is 0 Å². The predicted molar refractivity (Wildman–Crippen MR) is 134 cm³/mol. The van der Waals surface area contributed by atoms with Crippen LogP contribution in [-0.4, -0.2) is 9.97 Å². The standard InChI is InChI=1S/C30H32N2O/c1-28(2,3)21-17-30(29(4,5)6)20-14-13-18(16-19-10-9-15-33-19)24(20)25(21)26-27(30)32-23-12-8-7-11-22(23)31-26/h7-17,20,24-25H,1-6H3/b18-16-/t20-,24+,25-,30+/m0/s1. The summed E-state index contributed by atoms with van der Waals surface area (Å²) in [5, 5.41) is 0. The molecule has 0 radical (unpaired) electrons. The van der Waals surface area contributed by atoms with Crippen molar-refractivity contribution in [2.75, 3.05) is 0 Å². The number of benzene rings is 1. The highest BCUT2D eigenvalue weighted by Crippen LogP contribution is 2.68. The summed E-state index contributed by atoms with van der Waals surface area (Å²) >= 11 is 0.